The van der Waals surface area contributed by atoms with E-state index in [4.69, 9.17) is 19.9 Å². The molecular formula is C68H103N11O16. The Morgan fingerprint density at radius 1 is 0.695 bits per heavy atom. The van der Waals surface area contributed by atoms with Crippen LogP contribution in [0.3, 0.4) is 0 Å². The van der Waals surface area contributed by atoms with Crippen LogP contribution in [0.4, 0.5) is 15.3 Å². The zero-order valence-electron chi connectivity index (χ0n) is 57.5. The van der Waals surface area contributed by atoms with Crippen LogP contribution in [0.15, 0.2) is 66.7 Å². The molecule has 27 nitrogen and oxygen atoms in total. The van der Waals surface area contributed by atoms with Crippen LogP contribution in [-0.4, -0.2) is 198 Å². The number of hydrogen-bond donors (Lipinski definition) is 8. The number of carbonyl (C=O) groups excluding carboxylic acids is 11. The van der Waals surface area contributed by atoms with Crippen LogP contribution >= 0.6 is 0 Å². The van der Waals surface area contributed by atoms with Crippen LogP contribution in [0.5, 0.6) is 0 Å². The Hall–Kier alpha value is -8.46. The molecule has 526 valence electrons. The van der Waals surface area contributed by atoms with Gasteiger partial charge in [-0.2, -0.15) is 0 Å². The molecule has 1 saturated heterocycles. The van der Waals surface area contributed by atoms with Crippen molar-refractivity contribution in [1.29, 1.82) is 0 Å². The Bertz CT molecular complexity index is 2950. The van der Waals surface area contributed by atoms with Gasteiger partial charge in [0.25, 0.3) is 11.8 Å². The van der Waals surface area contributed by atoms with E-state index in [1.165, 1.54) is 38.3 Å². The lowest BCUT2D eigenvalue weighted by atomic mass is 9.89. The average Bonchev–Trinajstić information content (AvgIpc) is 1.81. The van der Waals surface area contributed by atoms with Gasteiger partial charge in [-0.1, -0.05) is 118 Å². The molecule has 0 spiro atoms. The second-order valence-corrected chi connectivity index (χ2v) is 25.7. The summed E-state index contributed by atoms with van der Waals surface area (Å²) in [5, 5.41) is 26.4. The minimum Gasteiger partial charge on any atom is -0.480 e. The summed E-state index contributed by atoms with van der Waals surface area (Å²) in [6.45, 7) is 16.6. The second kappa shape index (κ2) is 38.8. The predicted octanol–water partition coefficient (Wildman–Crippen LogP) is 4.65. The van der Waals surface area contributed by atoms with Crippen molar-refractivity contribution in [1.82, 2.24) is 46.2 Å². The molecule has 4 rings (SSSR count). The minimum atomic E-state index is -1.19. The van der Waals surface area contributed by atoms with Crippen LogP contribution in [0.2, 0.25) is 0 Å². The summed E-state index contributed by atoms with van der Waals surface area (Å²) in [6, 6.07) is 7.86. The highest BCUT2D eigenvalue weighted by atomic mass is 16.6. The molecule has 0 bridgehead atoms. The molecule has 2 heterocycles. The third kappa shape index (κ3) is 23.8. The first-order chi connectivity index (χ1) is 44.9. The largest absolute Gasteiger partial charge is 0.480 e. The van der Waals surface area contributed by atoms with Crippen LogP contribution in [-0.2, 0) is 75.2 Å². The van der Waals surface area contributed by atoms with Gasteiger partial charge in [0.1, 0.15) is 36.8 Å². The molecule has 0 aliphatic carbocycles. The van der Waals surface area contributed by atoms with E-state index in [0.717, 1.165) is 15.4 Å². The fraction of sp³-hybridized carbons (Fsp3) is 0.618. The number of carbonyl (C=O) groups is 12. The van der Waals surface area contributed by atoms with Crippen LogP contribution in [0.1, 0.15) is 138 Å². The molecule has 9 N–H and O–H groups in total. The van der Waals surface area contributed by atoms with Gasteiger partial charge < -0.3 is 66.8 Å². The highest BCUT2D eigenvalue weighted by Gasteiger charge is 2.44. The van der Waals surface area contributed by atoms with Crippen molar-refractivity contribution >= 4 is 76.9 Å². The van der Waals surface area contributed by atoms with Crippen LogP contribution in [0, 0.1) is 29.6 Å². The predicted molar refractivity (Wildman–Crippen MR) is 354 cm³/mol. The van der Waals surface area contributed by atoms with Gasteiger partial charge in [-0.15, -0.1) is 0 Å². The van der Waals surface area contributed by atoms with Crippen molar-refractivity contribution in [2.24, 2.45) is 35.3 Å². The van der Waals surface area contributed by atoms with E-state index in [9.17, 15) is 62.6 Å². The molecule has 2 aromatic carbocycles. The Balaban J connectivity index is 1.38. The SMILES string of the molecule is CC[C@H](C)C([C@@H](CC(=O)N1CCC[C@H]1C(OC)[C@@H](C)C(=O)N[C@@H](Cc1ccccc1)C(=O)O)OC)N(C)C(=O)[C@@H](NC(=O)[C@H](C(C)C)N(C)C(=O)OCc1ccc(NC(=O)[C@H](CCCNC(N)=O)NC(=O)[C@@H](NC(=O)CCCCCN2C(=O)C=CC2=O)C(C)C)cc1)C(C)C. The fourth-order valence-corrected chi connectivity index (χ4v) is 12.0. The maximum Gasteiger partial charge on any atom is 0.410 e. The summed E-state index contributed by atoms with van der Waals surface area (Å²) in [5.74, 6) is -7.74. The molecule has 11 atom stereocenters. The highest BCUT2D eigenvalue weighted by Crippen LogP contribution is 2.30. The molecule has 27 heteroatoms. The molecule has 2 aromatic rings. The zero-order chi connectivity index (χ0) is 70.8. The first kappa shape index (κ1) is 79.0. The number of imide groups is 1. The lowest BCUT2D eigenvalue weighted by Crippen LogP contribution is -2.60. The summed E-state index contributed by atoms with van der Waals surface area (Å²) >= 11 is 0. The summed E-state index contributed by atoms with van der Waals surface area (Å²) in [5.41, 5.74) is 6.83. The zero-order valence-corrected chi connectivity index (χ0v) is 57.5. The number of hydrogen-bond acceptors (Lipinski definition) is 15. The minimum absolute atomic E-state index is 0.0752. The van der Waals surface area contributed by atoms with E-state index in [1.54, 1.807) is 109 Å². The highest BCUT2D eigenvalue weighted by molar-refractivity contribution is 6.12. The summed E-state index contributed by atoms with van der Waals surface area (Å²) in [6.07, 6.45) is 3.58. The Labute approximate surface area is 558 Å². The van der Waals surface area contributed by atoms with E-state index < -0.39 is 126 Å². The van der Waals surface area contributed by atoms with E-state index >= 15 is 0 Å². The number of methoxy groups -OCH3 is 2. The maximum atomic E-state index is 14.8. The lowest BCUT2D eigenvalue weighted by molar-refractivity contribution is -0.148. The van der Waals surface area contributed by atoms with Gasteiger partial charge >= 0.3 is 18.1 Å². The van der Waals surface area contributed by atoms with E-state index in [1.807, 2.05) is 19.9 Å². The fourth-order valence-electron chi connectivity index (χ4n) is 12.0. The smallest absolute Gasteiger partial charge is 0.410 e. The average molecular weight is 1330 g/mol. The number of likely N-dealkylation sites (N-methyl/N-ethyl adjacent to an activating group) is 2. The maximum absolute atomic E-state index is 14.8. The number of primary amides is 1. The Morgan fingerprint density at radius 3 is 1.89 bits per heavy atom. The number of carboxylic acids is 1. The molecule has 12 amide bonds. The number of benzene rings is 2. The van der Waals surface area contributed by atoms with Gasteiger partial charge in [0, 0.05) is 78.6 Å². The number of urea groups is 1. The quantitative estimate of drug-likeness (QED) is 0.0333. The molecule has 2 aliphatic heterocycles. The molecule has 0 saturated carbocycles. The summed E-state index contributed by atoms with van der Waals surface area (Å²) < 4.78 is 17.7. The third-order valence-electron chi connectivity index (χ3n) is 17.6. The number of unbranched alkanes of at least 4 members (excludes halogenated alkanes) is 2. The van der Waals surface area contributed by atoms with E-state index in [0.29, 0.717) is 56.3 Å². The Morgan fingerprint density at radius 2 is 1.33 bits per heavy atom. The van der Waals surface area contributed by atoms with Crippen LogP contribution in [0.25, 0.3) is 0 Å². The molecule has 1 fully saturated rings. The van der Waals surface area contributed by atoms with Crippen molar-refractivity contribution in [3.8, 4) is 0 Å². The number of nitrogens with one attached hydrogen (secondary N) is 6. The molecule has 2 aliphatic rings. The van der Waals surface area contributed by atoms with E-state index in [2.05, 4.69) is 31.9 Å². The van der Waals surface area contributed by atoms with Crippen molar-refractivity contribution < 1.29 is 76.9 Å². The summed E-state index contributed by atoms with van der Waals surface area (Å²) in [4.78, 5) is 165. The van der Waals surface area contributed by atoms with Gasteiger partial charge in [-0.3, -0.25) is 53.0 Å². The number of nitrogens with two attached hydrogens (primary N) is 1. The second-order valence-electron chi connectivity index (χ2n) is 25.7. The van der Waals surface area contributed by atoms with Gasteiger partial charge in [0.15, 0.2) is 0 Å². The standard InChI is InChI=1S/C68H103N11O16/c1-14-43(8)59(51(93-12)38-55(83)78-36-22-26-50(78)60(94-13)44(9)61(84)73-49(66(89)90)37-45-23-17-15-18-24-45)76(10)65(88)57(41(4)5)75-64(87)58(42(6)7)77(11)68(92)95-39-46-28-30-47(31-29-46)71-62(85)48(25-21-34-70-67(69)91)72-63(86)56(40(2)3)74-52(80)27-19-16-20-35-79-53(81)32-33-54(79)82/h15,17-18,23-24,28-33,40-44,48-51,56-60H,14,16,19-22,25-27,34-39H2,1-13H3,(H,71,85)(H,72,86)(H,73,84)(H,74,80)(H,75,87)(H,89,90)(H3,69,70,91)/t43-,44+,48-,49-,50-,51+,56-,57-,58-,59?,60?/m0/s1. The topological polar surface area (TPSA) is 364 Å². The third-order valence-corrected chi connectivity index (χ3v) is 17.6. The van der Waals surface area contributed by atoms with Crippen molar-refractivity contribution in [3.05, 3.63) is 77.9 Å². The lowest BCUT2D eigenvalue weighted by Gasteiger charge is -2.41. The van der Waals surface area contributed by atoms with E-state index in [-0.39, 0.29) is 81.4 Å². The number of ether oxygens (including phenoxy) is 3. The van der Waals surface area contributed by atoms with Gasteiger partial charge in [-0.25, -0.2) is 14.4 Å². The number of carboxylic acid groups (broad SMARTS) is 1. The first-order valence-corrected chi connectivity index (χ1v) is 32.9. The molecular weight excluding hydrogens is 1230 g/mol. The molecule has 95 heavy (non-hydrogen) atoms. The van der Waals surface area contributed by atoms with Gasteiger partial charge in [0.2, 0.25) is 41.4 Å². The van der Waals surface area contributed by atoms with Crippen molar-refractivity contribution in [2.75, 3.05) is 53.3 Å². The Kier molecular flexibility index (Phi) is 32.2. The molecule has 0 aromatic heterocycles. The van der Waals surface area contributed by atoms with Crippen LogP contribution < -0.4 is 37.6 Å². The number of aliphatic carboxylic acids is 1. The first-order valence-electron chi connectivity index (χ1n) is 32.9. The number of amides is 12. The summed E-state index contributed by atoms with van der Waals surface area (Å²) in [7, 11) is 5.96. The van der Waals surface area contributed by atoms with Gasteiger partial charge in [-0.05, 0) is 85.5 Å². The number of nitrogens with zero attached hydrogens (tertiary/aromatic N) is 4. The normalized spacial score (nSPS) is 16.9. The number of rotatable bonds is 39. The van der Waals surface area contributed by atoms with Gasteiger partial charge in [0.05, 0.1) is 36.6 Å². The number of likely N-dealkylation sites (tertiary alicyclic amines) is 1. The number of anilines is 1. The molecule has 0 radical (unpaired) electrons. The molecule has 2 unspecified atom stereocenters. The van der Waals surface area contributed by atoms with Crippen molar-refractivity contribution in [2.45, 2.75) is 194 Å². The van der Waals surface area contributed by atoms with Crippen molar-refractivity contribution in [3.63, 3.8) is 0 Å². The monoisotopic (exact) mass is 1330 g/mol.